The molecule has 0 radical (unpaired) electrons. The van der Waals surface area contributed by atoms with Crippen LogP contribution < -0.4 is 10.5 Å². The van der Waals surface area contributed by atoms with Gasteiger partial charge in [0.2, 0.25) is 5.75 Å². The van der Waals surface area contributed by atoms with Crippen molar-refractivity contribution in [3.05, 3.63) is 17.7 Å². The maximum absolute atomic E-state index is 9.20. The normalized spacial score (nSPS) is 9.83. The van der Waals surface area contributed by atoms with Crippen LogP contribution in [0.4, 0.5) is 0 Å². The molecule has 0 amide bonds. The molecule has 4 heteroatoms. The van der Waals surface area contributed by atoms with E-state index in [-0.39, 0.29) is 17.2 Å². The van der Waals surface area contributed by atoms with E-state index in [0.29, 0.717) is 12.1 Å². The summed E-state index contributed by atoms with van der Waals surface area (Å²) in [6.45, 7) is 0.296. The van der Waals surface area contributed by atoms with Crippen LogP contribution in [0, 0.1) is 0 Å². The summed E-state index contributed by atoms with van der Waals surface area (Å²) in [6, 6.07) is 2.98. The Kier molecular flexibility index (Phi) is 2.40. The molecular weight excluding hydrogens is 158 g/mol. The van der Waals surface area contributed by atoms with Crippen molar-refractivity contribution in [3.63, 3.8) is 0 Å². The number of hydrogen-bond donors (Lipinski definition) is 3. The molecule has 0 unspecified atom stereocenters. The fraction of sp³-hybridized carbons (Fsp3) is 0.250. The predicted molar refractivity (Wildman–Crippen MR) is 44.2 cm³/mol. The van der Waals surface area contributed by atoms with Crippen molar-refractivity contribution in [2.75, 3.05) is 7.11 Å². The molecule has 1 rings (SSSR count). The zero-order valence-corrected chi connectivity index (χ0v) is 6.74. The Balaban J connectivity index is 3.19. The van der Waals surface area contributed by atoms with Crippen LogP contribution in [0.5, 0.6) is 17.2 Å². The third-order valence-corrected chi connectivity index (χ3v) is 1.57. The van der Waals surface area contributed by atoms with Gasteiger partial charge >= 0.3 is 0 Å². The predicted octanol–water partition coefficient (Wildman–Crippen LogP) is 0.565. The lowest BCUT2D eigenvalue weighted by Gasteiger charge is -2.06. The largest absolute Gasteiger partial charge is 0.504 e. The van der Waals surface area contributed by atoms with Gasteiger partial charge in [-0.2, -0.15) is 0 Å². The van der Waals surface area contributed by atoms with E-state index < -0.39 is 0 Å². The van der Waals surface area contributed by atoms with E-state index in [1.807, 2.05) is 0 Å². The number of hydrogen-bond acceptors (Lipinski definition) is 4. The molecule has 12 heavy (non-hydrogen) atoms. The molecule has 1 aromatic carbocycles. The minimum Gasteiger partial charge on any atom is -0.504 e. The van der Waals surface area contributed by atoms with Crippen LogP contribution in [0.15, 0.2) is 12.1 Å². The van der Waals surface area contributed by atoms with Gasteiger partial charge in [-0.05, 0) is 17.7 Å². The number of ether oxygens (including phenoxy) is 1. The zero-order valence-electron chi connectivity index (χ0n) is 6.74. The highest BCUT2D eigenvalue weighted by Crippen LogP contribution is 2.35. The highest BCUT2D eigenvalue weighted by atomic mass is 16.5. The van der Waals surface area contributed by atoms with Gasteiger partial charge in [0, 0.05) is 6.54 Å². The minimum absolute atomic E-state index is 0.213. The Morgan fingerprint density at radius 1 is 1.42 bits per heavy atom. The van der Waals surface area contributed by atoms with E-state index >= 15 is 0 Å². The van der Waals surface area contributed by atoms with Crippen molar-refractivity contribution in [1.29, 1.82) is 0 Å². The van der Waals surface area contributed by atoms with Gasteiger partial charge in [-0.15, -0.1) is 0 Å². The highest BCUT2D eigenvalue weighted by molar-refractivity contribution is 5.51. The molecule has 0 saturated heterocycles. The van der Waals surface area contributed by atoms with Gasteiger partial charge in [0.15, 0.2) is 11.5 Å². The fourth-order valence-corrected chi connectivity index (χ4v) is 0.922. The van der Waals surface area contributed by atoms with E-state index in [4.69, 9.17) is 15.6 Å². The number of phenols is 2. The third-order valence-electron chi connectivity index (χ3n) is 1.57. The number of phenolic OH excluding ortho intramolecular Hbond substituents is 2. The second kappa shape index (κ2) is 3.32. The molecule has 4 N–H and O–H groups in total. The summed E-state index contributed by atoms with van der Waals surface area (Å²) in [7, 11) is 1.41. The minimum atomic E-state index is -0.255. The van der Waals surface area contributed by atoms with E-state index in [0.717, 1.165) is 0 Å². The van der Waals surface area contributed by atoms with Crippen LogP contribution in [0.25, 0.3) is 0 Å². The standard InChI is InChI=1S/C8H11NO3/c1-12-7-3-5(4-9)2-6(10)8(7)11/h2-3,10-11H,4,9H2,1H3. The number of rotatable bonds is 2. The summed E-state index contributed by atoms with van der Waals surface area (Å²) in [6.07, 6.45) is 0. The van der Waals surface area contributed by atoms with Crippen LogP contribution in [0.2, 0.25) is 0 Å². The first-order valence-corrected chi connectivity index (χ1v) is 3.48. The number of nitrogens with two attached hydrogens (primary N) is 1. The molecule has 0 heterocycles. The maximum Gasteiger partial charge on any atom is 0.200 e. The molecule has 0 fully saturated rings. The summed E-state index contributed by atoms with van der Waals surface area (Å²) in [4.78, 5) is 0. The highest BCUT2D eigenvalue weighted by Gasteiger charge is 2.07. The van der Waals surface area contributed by atoms with Crippen molar-refractivity contribution in [2.24, 2.45) is 5.73 Å². The summed E-state index contributed by atoms with van der Waals surface area (Å²) in [5.41, 5.74) is 6.05. The van der Waals surface area contributed by atoms with E-state index in [1.54, 1.807) is 6.07 Å². The van der Waals surface area contributed by atoms with Crippen LogP contribution in [0.3, 0.4) is 0 Å². The summed E-state index contributed by atoms with van der Waals surface area (Å²) in [5, 5.41) is 18.4. The quantitative estimate of drug-likeness (QED) is 0.565. The summed E-state index contributed by atoms with van der Waals surface area (Å²) in [5.74, 6) is -0.236. The van der Waals surface area contributed by atoms with Gasteiger partial charge in [0.05, 0.1) is 7.11 Å². The first kappa shape index (κ1) is 8.67. The molecule has 0 aliphatic carbocycles. The molecule has 66 valence electrons. The number of benzene rings is 1. The van der Waals surface area contributed by atoms with Crippen LogP contribution in [-0.2, 0) is 6.54 Å². The average molecular weight is 169 g/mol. The molecule has 1 aromatic rings. The zero-order chi connectivity index (χ0) is 9.14. The summed E-state index contributed by atoms with van der Waals surface area (Å²) >= 11 is 0. The molecule has 0 aliphatic rings. The SMILES string of the molecule is COc1cc(CN)cc(O)c1O. The van der Waals surface area contributed by atoms with Gasteiger partial charge in [-0.3, -0.25) is 0 Å². The topological polar surface area (TPSA) is 75.7 Å². The molecule has 0 saturated carbocycles. The lowest BCUT2D eigenvalue weighted by molar-refractivity contribution is 0.350. The molecule has 0 bridgehead atoms. The monoisotopic (exact) mass is 169 g/mol. The fourth-order valence-electron chi connectivity index (χ4n) is 0.922. The lowest BCUT2D eigenvalue weighted by atomic mass is 10.2. The van der Waals surface area contributed by atoms with Gasteiger partial charge in [0.1, 0.15) is 0 Å². The Bertz CT molecular complexity index is 286. The summed E-state index contributed by atoms with van der Waals surface area (Å²) < 4.78 is 4.80. The van der Waals surface area contributed by atoms with Gasteiger partial charge in [0.25, 0.3) is 0 Å². The van der Waals surface area contributed by atoms with Crippen molar-refractivity contribution in [2.45, 2.75) is 6.54 Å². The van der Waals surface area contributed by atoms with Crippen LogP contribution >= 0.6 is 0 Å². The molecule has 0 aromatic heterocycles. The molecule has 0 aliphatic heterocycles. The molecule has 4 nitrogen and oxygen atoms in total. The number of methoxy groups -OCH3 is 1. The Labute approximate surface area is 70.2 Å². The van der Waals surface area contributed by atoms with Crippen molar-refractivity contribution < 1.29 is 14.9 Å². The van der Waals surface area contributed by atoms with Crippen molar-refractivity contribution in [3.8, 4) is 17.2 Å². The molecular formula is C8H11NO3. The second-order valence-corrected chi connectivity index (χ2v) is 2.37. The Morgan fingerprint density at radius 3 is 2.58 bits per heavy atom. The van der Waals surface area contributed by atoms with Crippen LogP contribution in [0.1, 0.15) is 5.56 Å². The van der Waals surface area contributed by atoms with E-state index in [1.165, 1.54) is 13.2 Å². The first-order chi connectivity index (χ1) is 5.69. The molecule has 0 spiro atoms. The lowest BCUT2D eigenvalue weighted by Crippen LogP contribution is -1.96. The van der Waals surface area contributed by atoms with Crippen molar-refractivity contribution >= 4 is 0 Å². The van der Waals surface area contributed by atoms with E-state index in [9.17, 15) is 5.11 Å². The van der Waals surface area contributed by atoms with Crippen molar-refractivity contribution in [1.82, 2.24) is 0 Å². The van der Waals surface area contributed by atoms with Gasteiger partial charge in [-0.25, -0.2) is 0 Å². The Hall–Kier alpha value is -1.42. The van der Waals surface area contributed by atoms with E-state index in [2.05, 4.69) is 0 Å². The van der Waals surface area contributed by atoms with Crippen LogP contribution in [-0.4, -0.2) is 17.3 Å². The molecule has 0 atom stereocenters. The average Bonchev–Trinajstić information content (AvgIpc) is 2.09. The smallest absolute Gasteiger partial charge is 0.200 e. The third kappa shape index (κ3) is 1.43. The van der Waals surface area contributed by atoms with Gasteiger partial charge in [-0.1, -0.05) is 0 Å². The second-order valence-electron chi connectivity index (χ2n) is 2.37. The Morgan fingerprint density at radius 2 is 2.08 bits per heavy atom. The maximum atomic E-state index is 9.20. The van der Waals surface area contributed by atoms with Gasteiger partial charge < -0.3 is 20.7 Å². The first-order valence-electron chi connectivity index (χ1n) is 3.48. The number of aromatic hydroxyl groups is 2.